The van der Waals surface area contributed by atoms with Gasteiger partial charge in [-0.2, -0.15) is 0 Å². The number of benzene rings is 1. The quantitative estimate of drug-likeness (QED) is 0.680. The van der Waals surface area contributed by atoms with Gasteiger partial charge in [0.15, 0.2) is 0 Å². The lowest BCUT2D eigenvalue weighted by molar-refractivity contribution is -0.131. The lowest BCUT2D eigenvalue weighted by Crippen LogP contribution is -2.22. The number of hydrogen-bond donors (Lipinski definition) is 1. The Morgan fingerprint density at radius 1 is 1.32 bits per heavy atom. The van der Waals surface area contributed by atoms with Crippen molar-refractivity contribution >= 4 is 27.8 Å². The Balaban J connectivity index is 2.28. The zero-order valence-corrected chi connectivity index (χ0v) is 11.4. The molecule has 1 aromatic carbocycles. The molecule has 0 aliphatic carbocycles. The van der Waals surface area contributed by atoms with E-state index >= 15 is 0 Å². The molecule has 0 atom stereocenters. The fraction of sp³-hybridized carbons (Fsp3) is 0.0909. The Morgan fingerprint density at radius 3 is 2.63 bits per heavy atom. The predicted octanol–water partition coefficient (Wildman–Crippen LogP) is 1.35. The van der Waals surface area contributed by atoms with E-state index in [0.29, 0.717) is 4.47 Å². The molecular formula is C11H9BrN4O3. The van der Waals surface area contributed by atoms with Crippen molar-refractivity contribution in [1.29, 1.82) is 0 Å². The van der Waals surface area contributed by atoms with Gasteiger partial charge >= 0.3 is 5.97 Å². The van der Waals surface area contributed by atoms with Gasteiger partial charge in [0, 0.05) is 11.4 Å². The molecule has 0 bridgehead atoms. The van der Waals surface area contributed by atoms with Crippen molar-refractivity contribution in [3.8, 4) is 5.75 Å². The van der Waals surface area contributed by atoms with Gasteiger partial charge in [-0.25, -0.2) is 4.68 Å². The van der Waals surface area contributed by atoms with E-state index < -0.39 is 11.9 Å². The van der Waals surface area contributed by atoms with Crippen LogP contribution in [0.25, 0.3) is 0 Å². The molecule has 0 unspecified atom stereocenters. The third-order valence-corrected chi connectivity index (χ3v) is 2.58. The topological polar surface area (TPSA) is 86.1 Å². The summed E-state index contributed by atoms with van der Waals surface area (Å²) >= 11 is 3.26. The van der Waals surface area contributed by atoms with Crippen molar-refractivity contribution in [3.63, 3.8) is 0 Å². The van der Waals surface area contributed by atoms with Crippen LogP contribution in [-0.2, 0) is 4.79 Å². The highest BCUT2D eigenvalue weighted by Gasteiger charge is 2.15. The maximum Gasteiger partial charge on any atom is 0.308 e. The van der Waals surface area contributed by atoms with Crippen molar-refractivity contribution in [3.05, 3.63) is 40.9 Å². The van der Waals surface area contributed by atoms with Crippen molar-refractivity contribution in [2.75, 3.05) is 5.43 Å². The zero-order chi connectivity index (χ0) is 13.8. The van der Waals surface area contributed by atoms with E-state index in [4.69, 9.17) is 4.74 Å². The summed E-state index contributed by atoms with van der Waals surface area (Å²) in [7, 11) is 0. The van der Waals surface area contributed by atoms with E-state index in [2.05, 4.69) is 31.6 Å². The Hall–Kier alpha value is -2.22. The number of aromatic nitrogens is 3. The van der Waals surface area contributed by atoms with E-state index in [-0.39, 0.29) is 11.3 Å². The zero-order valence-electron chi connectivity index (χ0n) is 9.83. The van der Waals surface area contributed by atoms with Gasteiger partial charge in [-0.1, -0.05) is 15.9 Å². The highest BCUT2D eigenvalue weighted by Crippen LogP contribution is 2.23. The Bertz CT molecular complexity index is 612. The number of carbonyl (C=O) groups is 2. The summed E-state index contributed by atoms with van der Waals surface area (Å²) < 4.78 is 6.96. The second-order valence-electron chi connectivity index (χ2n) is 3.54. The summed E-state index contributed by atoms with van der Waals surface area (Å²) in [5.74, 6) is -0.765. The van der Waals surface area contributed by atoms with Crippen molar-refractivity contribution in [1.82, 2.24) is 14.9 Å². The Labute approximate surface area is 116 Å². The Kier molecular flexibility index (Phi) is 3.91. The molecule has 0 spiro atoms. The fourth-order valence-corrected chi connectivity index (χ4v) is 1.72. The molecule has 8 heteroatoms. The molecule has 7 nitrogen and oxygen atoms in total. The molecule has 0 saturated carbocycles. The monoisotopic (exact) mass is 324 g/mol. The van der Waals surface area contributed by atoms with Crippen LogP contribution < -0.4 is 10.2 Å². The van der Waals surface area contributed by atoms with Gasteiger partial charge in [-0.15, -0.1) is 10.2 Å². The average Bonchev–Trinajstić information content (AvgIpc) is 2.83. The van der Waals surface area contributed by atoms with Gasteiger partial charge in [0.1, 0.15) is 18.4 Å². The lowest BCUT2D eigenvalue weighted by atomic mass is 10.2. The molecule has 0 saturated heterocycles. The summed E-state index contributed by atoms with van der Waals surface area (Å²) in [6.07, 6.45) is 2.67. The standard InChI is InChI=1S/C11H9BrN4O3/c1-7(17)19-10-3-2-8(12)4-9(10)11(18)15-16-5-13-14-6-16/h2-6H,1H3,(H,15,18). The molecule has 1 aromatic heterocycles. The van der Waals surface area contributed by atoms with Crippen LogP contribution in [-0.4, -0.2) is 26.7 Å². The van der Waals surface area contributed by atoms with Crippen LogP contribution in [0.5, 0.6) is 5.75 Å². The van der Waals surface area contributed by atoms with E-state index in [9.17, 15) is 9.59 Å². The first-order valence-electron chi connectivity index (χ1n) is 5.20. The molecule has 0 radical (unpaired) electrons. The second-order valence-corrected chi connectivity index (χ2v) is 4.46. The molecule has 1 amide bonds. The van der Waals surface area contributed by atoms with Crippen LogP contribution in [0, 0.1) is 0 Å². The van der Waals surface area contributed by atoms with Crippen molar-refractivity contribution in [2.24, 2.45) is 0 Å². The van der Waals surface area contributed by atoms with Gasteiger partial charge in [-0.3, -0.25) is 15.0 Å². The van der Waals surface area contributed by atoms with Crippen LogP contribution in [0.3, 0.4) is 0 Å². The van der Waals surface area contributed by atoms with Crippen LogP contribution in [0.4, 0.5) is 0 Å². The molecule has 98 valence electrons. The molecule has 0 fully saturated rings. The largest absolute Gasteiger partial charge is 0.426 e. The molecule has 19 heavy (non-hydrogen) atoms. The van der Waals surface area contributed by atoms with Gasteiger partial charge in [0.25, 0.3) is 5.91 Å². The summed E-state index contributed by atoms with van der Waals surface area (Å²) in [5.41, 5.74) is 2.74. The predicted molar refractivity (Wildman–Crippen MR) is 69.2 cm³/mol. The molecular weight excluding hydrogens is 316 g/mol. The lowest BCUT2D eigenvalue weighted by Gasteiger charge is -2.10. The number of ether oxygens (including phenoxy) is 1. The number of halogens is 1. The molecule has 0 aliphatic heterocycles. The number of esters is 1. The molecule has 2 rings (SSSR count). The van der Waals surface area contributed by atoms with Gasteiger partial charge in [0.05, 0.1) is 5.56 Å². The fourth-order valence-electron chi connectivity index (χ4n) is 1.36. The van der Waals surface area contributed by atoms with Crippen molar-refractivity contribution < 1.29 is 14.3 Å². The summed E-state index contributed by atoms with van der Waals surface area (Å²) in [5, 5.41) is 7.12. The van der Waals surface area contributed by atoms with E-state index in [0.717, 1.165) is 0 Å². The van der Waals surface area contributed by atoms with Gasteiger partial charge in [0.2, 0.25) is 0 Å². The van der Waals surface area contributed by atoms with Crippen LogP contribution in [0.1, 0.15) is 17.3 Å². The van der Waals surface area contributed by atoms with Crippen molar-refractivity contribution in [2.45, 2.75) is 6.92 Å². The first-order chi connectivity index (χ1) is 9.06. The highest BCUT2D eigenvalue weighted by atomic mass is 79.9. The number of hydrogen-bond acceptors (Lipinski definition) is 5. The average molecular weight is 325 g/mol. The highest BCUT2D eigenvalue weighted by molar-refractivity contribution is 9.10. The maximum atomic E-state index is 12.1. The number of rotatable bonds is 3. The molecule has 2 aromatic rings. The number of carbonyl (C=O) groups excluding carboxylic acids is 2. The number of nitrogens with zero attached hydrogens (tertiary/aromatic N) is 3. The second kappa shape index (κ2) is 5.61. The summed E-state index contributed by atoms with van der Waals surface area (Å²) in [6.45, 7) is 1.27. The van der Waals surface area contributed by atoms with Crippen LogP contribution >= 0.6 is 15.9 Å². The minimum absolute atomic E-state index is 0.182. The Morgan fingerprint density at radius 2 is 2.00 bits per heavy atom. The summed E-state index contributed by atoms with van der Waals surface area (Å²) in [6, 6.07) is 4.76. The maximum absolute atomic E-state index is 12.1. The van der Waals surface area contributed by atoms with E-state index in [1.54, 1.807) is 12.1 Å². The minimum atomic E-state index is -0.499. The van der Waals surface area contributed by atoms with Gasteiger partial charge < -0.3 is 4.74 Å². The SMILES string of the molecule is CC(=O)Oc1ccc(Br)cc1C(=O)Nn1cnnc1. The van der Waals surface area contributed by atoms with E-state index in [1.165, 1.54) is 30.3 Å². The molecule has 1 N–H and O–H groups in total. The molecule has 0 aliphatic rings. The molecule has 1 heterocycles. The van der Waals surface area contributed by atoms with Crippen LogP contribution in [0.15, 0.2) is 35.3 Å². The number of nitrogens with one attached hydrogen (secondary N) is 1. The first-order valence-corrected chi connectivity index (χ1v) is 5.99. The first kappa shape index (κ1) is 13.2. The summed E-state index contributed by atoms with van der Waals surface area (Å²) in [4.78, 5) is 23.1. The minimum Gasteiger partial charge on any atom is -0.426 e. The number of amides is 1. The normalized spacial score (nSPS) is 10.0. The smallest absolute Gasteiger partial charge is 0.308 e. The third-order valence-electron chi connectivity index (χ3n) is 2.09. The van der Waals surface area contributed by atoms with Gasteiger partial charge in [-0.05, 0) is 18.2 Å². The third kappa shape index (κ3) is 3.38. The van der Waals surface area contributed by atoms with Crippen LogP contribution in [0.2, 0.25) is 0 Å². The van der Waals surface area contributed by atoms with E-state index in [1.807, 2.05) is 0 Å².